The predicted octanol–water partition coefficient (Wildman–Crippen LogP) is 3.85. The molecular weight excluding hydrogens is 425 g/mol. The molecule has 14 heteroatoms. The van der Waals surface area contributed by atoms with E-state index in [1.165, 1.54) is 6.07 Å². The van der Waals surface area contributed by atoms with Crippen LogP contribution in [0.5, 0.6) is 0 Å². The Labute approximate surface area is 163 Å². The summed E-state index contributed by atoms with van der Waals surface area (Å²) in [4.78, 5) is 17.5. The third kappa shape index (κ3) is 2.96. The fraction of sp³-hybridized carbons (Fsp3) is 0.333. The number of hydrogen-bond donors (Lipinski definition) is 1. The average Bonchev–Trinajstić information content (AvgIpc) is 3.29. The number of rotatable bonds is 2. The van der Waals surface area contributed by atoms with Crippen molar-refractivity contribution in [3.05, 3.63) is 35.5 Å². The first kappa shape index (κ1) is 19.4. The quantitative estimate of drug-likeness (QED) is 0.620. The molecule has 0 radical (unpaired) electrons. The normalized spacial score (nSPS) is 19.2. The predicted molar refractivity (Wildman–Crippen MR) is 91.2 cm³/mol. The highest BCUT2D eigenvalue weighted by Gasteiger charge is 2.60. The Bertz CT molecular complexity index is 1110. The van der Waals surface area contributed by atoms with Crippen molar-refractivity contribution in [3.63, 3.8) is 0 Å². The van der Waals surface area contributed by atoms with Gasteiger partial charge in [-0.05, 0) is 6.92 Å². The van der Waals surface area contributed by atoms with Crippen LogP contribution in [0, 0.1) is 0 Å². The van der Waals surface area contributed by atoms with Gasteiger partial charge in [0.05, 0.1) is 35.7 Å². The molecule has 1 aliphatic rings. The van der Waals surface area contributed by atoms with E-state index in [0.29, 0.717) is 4.68 Å². The first-order chi connectivity index (χ1) is 13.5. The number of carbonyl (C=O) groups excluding carboxylic acids is 1. The van der Waals surface area contributed by atoms with Crippen molar-refractivity contribution in [1.82, 2.24) is 24.4 Å². The molecule has 0 saturated carbocycles. The lowest BCUT2D eigenvalue weighted by Crippen LogP contribution is -2.46. The maximum atomic E-state index is 14.0. The van der Waals surface area contributed by atoms with Gasteiger partial charge in [0.1, 0.15) is 5.41 Å². The van der Waals surface area contributed by atoms with Crippen molar-refractivity contribution in [2.24, 2.45) is 0 Å². The van der Waals surface area contributed by atoms with E-state index in [-0.39, 0.29) is 27.9 Å². The molecule has 1 atom stereocenters. The largest absolute Gasteiger partial charge is 0.401 e. The SMILES string of the molecule is C[C@@]1(C(F)(F)F)CN(C(=O)Nc2cnn(C(F)F)c2)c2cnc3cc(Cl)nn3c21. The second-order valence-corrected chi connectivity index (χ2v) is 6.95. The van der Waals surface area contributed by atoms with Crippen molar-refractivity contribution in [2.75, 3.05) is 16.8 Å². The van der Waals surface area contributed by atoms with Crippen LogP contribution in [0.15, 0.2) is 24.7 Å². The van der Waals surface area contributed by atoms with Gasteiger partial charge in [0, 0.05) is 12.6 Å². The lowest BCUT2D eigenvalue weighted by molar-refractivity contribution is -0.181. The number of hydrogen-bond acceptors (Lipinski definition) is 4. The van der Waals surface area contributed by atoms with Gasteiger partial charge in [-0.1, -0.05) is 11.6 Å². The molecule has 3 aromatic heterocycles. The monoisotopic (exact) mass is 435 g/mol. The molecule has 0 fully saturated rings. The number of amides is 2. The van der Waals surface area contributed by atoms with Crippen LogP contribution in [-0.2, 0) is 5.41 Å². The first-order valence-electron chi connectivity index (χ1n) is 8.03. The summed E-state index contributed by atoms with van der Waals surface area (Å²) in [5.41, 5.74) is -2.92. The molecule has 2 amide bonds. The molecule has 154 valence electrons. The molecule has 0 aliphatic carbocycles. The van der Waals surface area contributed by atoms with Gasteiger partial charge in [0.25, 0.3) is 0 Å². The smallest absolute Gasteiger partial charge is 0.305 e. The highest BCUT2D eigenvalue weighted by molar-refractivity contribution is 6.29. The van der Waals surface area contributed by atoms with Gasteiger partial charge in [-0.2, -0.15) is 32.1 Å². The van der Waals surface area contributed by atoms with E-state index in [9.17, 15) is 26.7 Å². The number of carbonyl (C=O) groups is 1. The van der Waals surface area contributed by atoms with Crippen LogP contribution in [-0.4, -0.2) is 43.1 Å². The molecule has 0 bridgehead atoms. The van der Waals surface area contributed by atoms with Gasteiger partial charge >= 0.3 is 18.8 Å². The molecule has 0 aromatic carbocycles. The number of alkyl halides is 5. The molecule has 8 nitrogen and oxygen atoms in total. The summed E-state index contributed by atoms with van der Waals surface area (Å²) in [5, 5.41) is 9.43. The molecule has 0 spiro atoms. The van der Waals surface area contributed by atoms with Crippen LogP contribution >= 0.6 is 11.6 Å². The van der Waals surface area contributed by atoms with Crippen LogP contribution in [0.3, 0.4) is 0 Å². The molecule has 4 rings (SSSR count). The Hall–Kier alpha value is -2.96. The molecule has 1 N–H and O–H groups in total. The number of anilines is 2. The van der Waals surface area contributed by atoms with Crippen molar-refractivity contribution in [2.45, 2.75) is 25.1 Å². The van der Waals surface area contributed by atoms with E-state index in [0.717, 1.165) is 34.9 Å². The van der Waals surface area contributed by atoms with E-state index < -0.39 is 30.7 Å². The average molecular weight is 436 g/mol. The Kier molecular flexibility index (Phi) is 4.19. The molecule has 0 saturated heterocycles. The summed E-state index contributed by atoms with van der Waals surface area (Å²) in [7, 11) is 0. The summed E-state index contributed by atoms with van der Waals surface area (Å²) < 4.78 is 68.4. The van der Waals surface area contributed by atoms with Crippen LogP contribution in [0.4, 0.5) is 38.1 Å². The maximum Gasteiger partial charge on any atom is 0.401 e. The molecule has 1 aliphatic heterocycles. The number of fused-ring (bicyclic) bond motifs is 3. The standard InChI is InChI=1S/C15H11ClF5N7O/c1-14(15(19,20)21)6-26(13(29)24-7-3-23-27(5-7)12(17)18)8-4-22-10-2-9(16)25-28(10)11(8)14/h2-5,12H,6H2,1H3,(H,24,29)/t14-/m1/s1. The third-order valence-electron chi connectivity index (χ3n) is 4.65. The van der Waals surface area contributed by atoms with Gasteiger partial charge in [-0.25, -0.2) is 19.0 Å². The lowest BCUT2D eigenvalue weighted by atomic mass is 9.88. The van der Waals surface area contributed by atoms with E-state index >= 15 is 0 Å². The van der Waals surface area contributed by atoms with E-state index in [2.05, 4.69) is 20.5 Å². The van der Waals surface area contributed by atoms with Crippen molar-refractivity contribution < 1.29 is 26.7 Å². The third-order valence-corrected chi connectivity index (χ3v) is 4.83. The molecule has 4 heterocycles. The zero-order valence-electron chi connectivity index (χ0n) is 14.5. The molecule has 29 heavy (non-hydrogen) atoms. The van der Waals surface area contributed by atoms with Gasteiger partial charge in [0.15, 0.2) is 10.8 Å². The Morgan fingerprint density at radius 1 is 1.34 bits per heavy atom. The topological polar surface area (TPSA) is 80.3 Å². The Balaban J connectivity index is 1.77. The summed E-state index contributed by atoms with van der Waals surface area (Å²) in [6.07, 6.45) is -1.80. The van der Waals surface area contributed by atoms with Crippen molar-refractivity contribution in [1.29, 1.82) is 0 Å². The summed E-state index contributed by atoms with van der Waals surface area (Å²) in [5.74, 6) is 0. The van der Waals surface area contributed by atoms with Crippen LogP contribution in [0.1, 0.15) is 19.2 Å². The van der Waals surface area contributed by atoms with E-state index in [1.54, 1.807) is 0 Å². The number of aromatic nitrogens is 5. The summed E-state index contributed by atoms with van der Waals surface area (Å²) >= 11 is 5.81. The van der Waals surface area contributed by atoms with Crippen molar-refractivity contribution in [3.8, 4) is 0 Å². The number of nitrogens with one attached hydrogen (secondary N) is 1. The number of nitrogens with zero attached hydrogens (tertiary/aromatic N) is 6. The molecule has 3 aromatic rings. The highest BCUT2D eigenvalue weighted by atomic mass is 35.5. The maximum absolute atomic E-state index is 14.0. The Morgan fingerprint density at radius 2 is 2.07 bits per heavy atom. The van der Waals surface area contributed by atoms with E-state index in [1.807, 2.05) is 0 Å². The highest BCUT2D eigenvalue weighted by Crippen LogP contribution is 2.50. The van der Waals surface area contributed by atoms with Crippen molar-refractivity contribution >= 4 is 34.7 Å². The van der Waals surface area contributed by atoms with Crippen LogP contribution < -0.4 is 10.2 Å². The Morgan fingerprint density at radius 3 is 2.69 bits per heavy atom. The lowest BCUT2D eigenvalue weighted by Gasteiger charge is -2.28. The minimum absolute atomic E-state index is 0.0576. The zero-order chi connectivity index (χ0) is 21.1. The van der Waals surface area contributed by atoms with Gasteiger partial charge in [-0.3, -0.25) is 4.90 Å². The fourth-order valence-corrected chi connectivity index (χ4v) is 3.37. The number of halogens is 6. The minimum atomic E-state index is -4.73. The summed E-state index contributed by atoms with van der Waals surface area (Å²) in [6.45, 7) is -2.76. The minimum Gasteiger partial charge on any atom is -0.305 e. The van der Waals surface area contributed by atoms with Crippen LogP contribution in [0.25, 0.3) is 5.65 Å². The summed E-state index contributed by atoms with van der Waals surface area (Å²) in [6, 6.07) is 0.326. The zero-order valence-corrected chi connectivity index (χ0v) is 15.2. The van der Waals surface area contributed by atoms with Gasteiger partial charge in [0.2, 0.25) is 0 Å². The second-order valence-electron chi connectivity index (χ2n) is 6.56. The van der Waals surface area contributed by atoms with E-state index in [4.69, 9.17) is 11.6 Å². The number of urea groups is 1. The second kappa shape index (κ2) is 6.27. The first-order valence-corrected chi connectivity index (χ1v) is 8.41. The van der Waals surface area contributed by atoms with Crippen LogP contribution in [0.2, 0.25) is 5.15 Å². The van der Waals surface area contributed by atoms with Gasteiger partial charge < -0.3 is 5.32 Å². The fourth-order valence-electron chi connectivity index (χ4n) is 3.19. The van der Waals surface area contributed by atoms with Gasteiger partial charge in [-0.15, -0.1) is 0 Å². The molecule has 0 unspecified atom stereocenters. The molecular formula is C15H11ClF5N7O.